The van der Waals surface area contributed by atoms with Crippen molar-refractivity contribution in [2.45, 2.75) is 19.5 Å². The zero-order chi connectivity index (χ0) is 11.5. The first-order valence-electron chi connectivity index (χ1n) is 5.37. The molecular weight excluding hydrogens is 204 g/mol. The van der Waals surface area contributed by atoms with Gasteiger partial charge in [-0.05, 0) is 24.6 Å². The molecule has 2 amide bonds. The van der Waals surface area contributed by atoms with Crippen LogP contribution in [0.2, 0.25) is 0 Å². The van der Waals surface area contributed by atoms with Crippen LogP contribution in [0.15, 0.2) is 24.3 Å². The number of benzene rings is 1. The van der Waals surface area contributed by atoms with E-state index in [2.05, 4.69) is 5.32 Å². The monoisotopic (exact) mass is 220 g/mol. The predicted molar refractivity (Wildman–Crippen MR) is 61.4 cm³/mol. The lowest BCUT2D eigenvalue weighted by Crippen LogP contribution is -2.27. The third kappa shape index (κ3) is 2.27. The first-order valence-corrected chi connectivity index (χ1v) is 5.37. The standard InChI is InChI=1S/C12H16N2O2/c1-9-7-14(12(15)13-9)8-10-3-5-11(16-2)6-4-10/h3-6,9H,7-8H2,1-2H3,(H,13,15)/t9-/m1/s1. The number of carbonyl (C=O) groups is 1. The summed E-state index contributed by atoms with van der Waals surface area (Å²) in [5.41, 5.74) is 1.12. The van der Waals surface area contributed by atoms with E-state index in [-0.39, 0.29) is 12.1 Å². The molecule has 4 heteroatoms. The molecule has 0 radical (unpaired) electrons. The highest BCUT2D eigenvalue weighted by Crippen LogP contribution is 2.14. The van der Waals surface area contributed by atoms with Gasteiger partial charge in [-0.3, -0.25) is 0 Å². The largest absolute Gasteiger partial charge is 0.497 e. The number of ether oxygens (including phenoxy) is 1. The Hall–Kier alpha value is -1.71. The fourth-order valence-corrected chi connectivity index (χ4v) is 1.85. The molecule has 1 N–H and O–H groups in total. The van der Waals surface area contributed by atoms with Crippen molar-refractivity contribution in [2.24, 2.45) is 0 Å². The molecule has 0 bridgehead atoms. The van der Waals surface area contributed by atoms with Crippen LogP contribution in [0, 0.1) is 0 Å². The summed E-state index contributed by atoms with van der Waals surface area (Å²) in [6.07, 6.45) is 0. The van der Waals surface area contributed by atoms with Crippen LogP contribution in [-0.2, 0) is 6.54 Å². The second-order valence-electron chi connectivity index (χ2n) is 4.08. The number of amides is 2. The van der Waals surface area contributed by atoms with Gasteiger partial charge in [-0.15, -0.1) is 0 Å². The van der Waals surface area contributed by atoms with Crippen molar-refractivity contribution in [2.75, 3.05) is 13.7 Å². The summed E-state index contributed by atoms with van der Waals surface area (Å²) in [5.74, 6) is 0.836. The van der Waals surface area contributed by atoms with Crippen LogP contribution in [0.4, 0.5) is 4.79 Å². The second kappa shape index (κ2) is 4.43. The Kier molecular flexibility index (Phi) is 2.99. The Morgan fingerprint density at radius 2 is 2.12 bits per heavy atom. The highest BCUT2D eigenvalue weighted by atomic mass is 16.5. The van der Waals surface area contributed by atoms with E-state index in [1.165, 1.54) is 0 Å². The highest BCUT2D eigenvalue weighted by Gasteiger charge is 2.24. The minimum Gasteiger partial charge on any atom is -0.497 e. The average molecular weight is 220 g/mol. The lowest BCUT2D eigenvalue weighted by atomic mass is 10.2. The molecule has 0 saturated carbocycles. The maximum absolute atomic E-state index is 11.5. The summed E-state index contributed by atoms with van der Waals surface area (Å²) in [4.78, 5) is 13.3. The van der Waals surface area contributed by atoms with Crippen molar-refractivity contribution >= 4 is 6.03 Å². The number of rotatable bonds is 3. The van der Waals surface area contributed by atoms with E-state index in [4.69, 9.17) is 4.74 Å². The number of carbonyl (C=O) groups excluding carboxylic acids is 1. The van der Waals surface area contributed by atoms with Crippen molar-refractivity contribution in [3.8, 4) is 5.75 Å². The molecule has 0 aliphatic carbocycles. The van der Waals surface area contributed by atoms with E-state index >= 15 is 0 Å². The Morgan fingerprint density at radius 3 is 2.62 bits per heavy atom. The summed E-state index contributed by atoms with van der Waals surface area (Å²) < 4.78 is 5.08. The average Bonchev–Trinajstić information content (AvgIpc) is 2.59. The lowest BCUT2D eigenvalue weighted by molar-refractivity contribution is 0.215. The number of urea groups is 1. The van der Waals surface area contributed by atoms with E-state index < -0.39 is 0 Å². The fraction of sp³-hybridized carbons (Fsp3) is 0.417. The molecule has 1 atom stereocenters. The Labute approximate surface area is 95.2 Å². The lowest BCUT2D eigenvalue weighted by Gasteiger charge is -2.14. The molecule has 2 rings (SSSR count). The van der Waals surface area contributed by atoms with Crippen LogP contribution in [0.3, 0.4) is 0 Å². The van der Waals surface area contributed by atoms with Gasteiger partial charge in [-0.1, -0.05) is 12.1 Å². The van der Waals surface area contributed by atoms with Crippen LogP contribution in [0.25, 0.3) is 0 Å². The molecule has 4 nitrogen and oxygen atoms in total. The fourth-order valence-electron chi connectivity index (χ4n) is 1.85. The number of hydrogen-bond donors (Lipinski definition) is 1. The van der Waals surface area contributed by atoms with Crippen molar-refractivity contribution in [3.05, 3.63) is 29.8 Å². The predicted octanol–water partition coefficient (Wildman–Crippen LogP) is 1.61. The number of methoxy groups -OCH3 is 1. The van der Waals surface area contributed by atoms with Crippen LogP contribution in [0.1, 0.15) is 12.5 Å². The quantitative estimate of drug-likeness (QED) is 0.840. The van der Waals surface area contributed by atoms with Gasteiger partial charge < -0.3 is 15.0 Å². The van der Waals surface area contributed by atoms with E-state index in [0.717, 1.165) is 17.9 Å². The first-order chi connectivity index (χ1) is 7.69. The number of nitrogens with zero attached hydrogens (tertiary/aromatic N) is 1. The van der Waals surface area contributed by atoms with Gasteiger partial charge in [0.05, 0.1) is 7.11 Å². The SMILES string of the molecule is COc1ccc(CN2C[C@@H](C)NC2=O)cc1. The normalized spacial score (nSPS) is 19.8. The van der Waals surface area contributed by atoms with Crippen LogP contribution in [0.5, 0.6) is 5.75 Å². The topological polar surface area (TPSA) is 41.6 Å². The number of hydrogen-bond acceptors (Lipinski definition) is 2. The maximum atomic E-state index is 11.5. The zero-order valence-corrected chi connectivity index (χ0v) is 9.56. The van der Waals surface area contributed by atoms with Gasteiger partial charge in [0.15, 0.2) is 0 Å². The van der Waals surface area contributed by atoms with E-state index in [9.17, 15) is 4.79 Å². The van der Waals surface area contributed by atoms with Gasteiger partial charge in [0, 0.05) is 19.1 Å². The van der Waals surface area contributed by atoms with Crippen molar-refractivity contribution < 1.29 is 9.53 Å². The molecule has 1 fully saturated rings. The van der Waals surface area contributed by atoms with Gasteiger partial charge in [0.2, 0.25) is 0 Å². The molecule has 0 aromatic heterocycles. The molecule has 0 spiro atoms. The van der Waals surface area contributed by atoms with Crippen LogP contribution < -0.4 is 10.1 Å². The Bertz CT molecular complexity index is 375. The zero-order valence-electron chi connectivity index (χ0n) is 9.56. The smallest absolute Gasteiger partial charge is 0.318 e. The molecule has 1 saturated heterocycles. The second-order valence-corrected chi connectivity index (χ2v) is 4.08. The van der Waals surface area contributed by atoms with Crippen LogP contribution >= 0.6 is 0 Å². The maximum Gasteiger partial charge on any atom is 0.318 e. The van der Waals surface area contributed by atoms with Gasteiger partial charge in [0.1, 0.15) is 5.75 Å². The van der Waals surface area contributed by atoms with Gasteiger partial charge in [0.25, 0.3) is 0 Å². The third-order valence-corrected chi connectivity index (χ3v) is 2.68. The summed E-state index contributed by atoms with van der Waals surface area (Å²) in [5, 5.41) is 2.87. The molecule has 1 aromatic carbocycles. The summed E-state index contributed by atoms with van der Waals surface area (Å²) in [6, 6.07) is 8.04. The molecule has 16 heavy (non-hydrogen) atoms. The summed E-state index contributed by atoms with van der Waals surface area (Å²) in [7, 11) is 1.64. The van der Waals surface area contributed by atoms with Crippen molar-refractivity contribution in [3.63, 3.8) is 0 Å². The first kappa shape index (κ1) is 10.8. The van der Waals surface area contributed by atoms with Gasteiger partial charge in [-0.2, -0.15) is 0 Å². The minimum absolute atomic E-state index is 0.0170. The molecule has 1 aliphatic heterocycles. The van der Waals surface area contributed by atoms with Crippen molar-refractivity contribution in [1.29, 1.82) is 0 Å². The molecule has 0 unspecified atom stereocenters. The van der Waals surface area contributed by atoms with Crippen LogP contribution in [-0.4, -0.2) is 30.6 Å². The molecule has 1 aromatic rings. The van der Waals surface area contributed by atoms with E-state index in [0.29, 0.717) is 6.54 Å². The molecule has 86 valence electrons. The van der Waals surface area contributed by atoms with E-state index in [1.54, 1.807) is 7.11 Å². The molecule has 1 aliphatic rings. The number of nitrogens with one attached hydrogen (secondary N) is 1. The van der Waals surface area contributed by atoms with Crippen molar-refractivity contribution in [1.82, 2.24) is 10.2 Å². The third-order valence-electron chi connectivity index (χ3n) is 2.68. The summed E-state index contributed by atoms with van der Waals surface area (Å²) in [6.45, 7) is 3.43. The van der Waals surface area contributed by atoms with Gasteiger partial charge in [-0.25, -0.2) is 4.79 Å². The minimum atomic E-state index is 0.0170. The van der Waals surface area contributed by atoms with Gasteiger partial charge >= 0.3 is 6.03 Å². The Morgan fingerprint density at radius 1 is 1.44 bits per heavy atom. The summed E-state index contributed by atoms with van der Waals surface area (Å²) >= 11 is 0. The highest BCUT2D eigenvalue weighted by molar-refractivity contribution is 5.76. The molecule has 1 heterocycles. The molecular formula is C12H16N2O2. The van der Waals surface area contributed by atoms with E-state index in [1.807, 2.05) is 36.1 Å². The Balaban J connectivity index is 2.01.